The lowest BCUT2D eigenvalue weighted by atomic mass is 9.93. The van der Waals surface area contributed by atoms with Crippen LogP contribution in [0.4, 0.5) is 0 Å². The van der Waals surface area contributed by atoms with Crippen molar-refractivity contribution in [1.29, 1.82) is 0 Å². The summed E-state index contributed by atoms with van der Waals surface area (Å²) in [6, 6.07) is 2.32. The zero-order valence-corrected chi connectivity index (χ0v) is 15.7. The lowest BCUT2D eigenvalue weighted by Crippen LogP contribution is -2.26. The van der Waals surface area contributed by atoms with Crippen molar-refractivity contribution in [2.24, 2.45) is 13.0 Å². The molecule has 5 heteroatoms. The Morgan fingerprint density at radius 1 is 1.17 bits per heavy atom. The van der Waals surface area contributed by atoms with Crippen LogP contribution in [-0.2, 0) is 20.2 Å². The van der Waals surface area contributed by atoms with Gasteiger partial charge in [0.25, 0.3) is 0 Å². The molecule has 5 nitrogen and oxygen atoms in total. The molecule has 0 aliphatic rings. The lowest BCUT2D eigenvalue weighted by Gasteiger charge is -2.22. The Labute approximate surface area is 145 Å². The highest BCUT2D eigenvalue weighted by Gasteiger charge is 2.19. The first kappa shape index (κ1) is 18.6. The van der Waals surface area contributed by atoms with Crippen LogP contribution in [0.25, 0.3) is 0 Å². The molecule has 0 unspecified atom stereocenters. The van der Waals surface area contributed by atoms with Crippen LogP contribution in [-0.4, -0.2) is 19.9 Å². The van der Waals surface area contributed by atoms with Gasteiger partial charge in [-0.1, -0.05) is 19.9 Å². The number of aliphatic hydroxyl groups excluding tert-OH is 1. The van der Waals surface area contributed by atoms with Crippen LogP contribution in [0.1, 0.15) is 60.0 Å². The molecule has 2 N–H and O–H groups in total. The van der Waals surface area contributed by atoms with Gasteiger partial charge in [0.1, 0.15) is 12.2 Å². The minimum atomic E-state index is 0.0870. The summed E-state index contributed by atoms with van der Waals surface area (Å²) in [6.07, 6.45) is 2.61. The van der Waals surface area contributed by atoms with Crippen molar-refractivity contribution in [3.05, 3.63) is 46.0 Å². The Morgan fingerprint density at radius 3 is 2.38 bits per heavy atom. The number of aliphatic hydroxyl groups is 1. The molecule has 0 bridgehead atoms. The standard InChI is InChI=1S/C19H30N4O/c1-12(2)7-18(19-21-11-22-23(19)6)20-9-16-13(3)8-14(4)17(10-24)15(16)5/h8,11-12,18,20,24H,7,9-10H2,1-6H3/t18-/m0/s1. The van der Waals surface area contributed by atoms with E-state index in [2.05, 4.69) is 56.1 Å². The Bertz CT molecular complexity index is 691. The van der Waals surface area contributed by atoms with E-state index in [-0.39, 0.29) is 12.6 Å². The fraction of sp³-hybridized carbons (Fsp3) is 0.579. The monoisotopic (exact) mass is 330 g/mol. The summed E-state index contributed by atoms with van der Waals surface area (Å²) in [7, 11) is 1.93. The third-order valence-corrected chi connectivity index (χ3v) is 4.74. The fourth-order valence-electron chi connectivity index (χ4n) is 3.39. The first-order valence-electron chi connectivity index (χ1n) is 8.61. The maximum absolute atomic E-state index is 9.66. The van der Waals surface area contributed by atoms with Crippen LogP contribution in [0.3, 0.4) is 0 Å². The minimum absolute atomic E-state index is 0.0870. The van der Waals surface area contributed by atoms with E-state index in [0.717, 1.165) is 29.9 Å². The number of benzene rings is 1. The van der Waals surface area contributed by atoms with E-state index >= 15 is 0 Å². The second kappa shape index (κ2) is 7.90. The van der Waals surface area contributed by atoms with Crippen LogP contribution in [0.5, 0.6) is 0 Å². The quantitative estimate of drug-likeness (QED) is 0.819. The molecule has 132 valence electrons. The molecule has 0 amide bonds. The van der Waals surface area contributed by atoms with E-state index in [1.807, 2.05) is 11.7 Å². The predicted molar refractivity (Wildman–Crippen MR) is 96.6 cm³/mol. The van der Waals surface area contributed by atoms with Crippen molar-refractivity contribution in [2.45, 2.75) is 60.2 Å². The smallest absolute Gasteiger partial charge is 0.143 e. The highest BCUT2D eigenvalue weighted by molar-refractivity contribution is 5.44. The maximum atomic E-state index is 9.66. The summed E-state index contributed by atoms with van der Waals surface area (Å²) < 4.78 is 1.84. The van der Waals surface area contributed by atoms with Crippen molar-refractivity contribution in [3.63, 3.8) is 0 Å². The van der Waals surface area contributed by atoms with Crippen LogP contribution >= 0.6 is 0 Å². The predicted octanol–water partition coefficient (Wildman–Crippen LogP) is 3.11. The van der Waals surface area contributed by atoms with Gasteiger partial charge in [0, 0.05) is 13.6 Å². The number of aromatic nitrogens is 3. The molecule has 1 atom stereocenters. The van der Waals surface area contributed by atoms with Gasteiger partial charge in [-0.25, -0.2) is 4.98 Å². The summed E-state index contributed by atoms with van der Waals surface area (Å²) in [4.78, 5) is 4.42. The molecule has 0 fully saturated rings. The van der Waals surface area contributed by atoms with E-state index in [9.17, 15) is 5.11 Å². The molecule has 0 saturated carbocycles. The number of aryl methyl sites for hydroxylation is 3. The maximum Gasteiger partial charge on any atom is 0.143 e. The van der Waals surface area contributed by atoms with E-state index in [1.54, 1.807) is 6.33 Å². The van der Waals surface area contributed by atoms with Crippen LogP contribution in [0.2, 0.25) is 0 Å². The number of rotatable bonds is 7. The van der Waals surface area contributed by atoms with Gasteiger partial charge < -0.3 is 10.4 Å². The largest absolute Gasteiger partial charge is 0.392 e. The van der Waals surface area contributed by atoms with Gasteiger partial charge in [0.05, 0.1) is 12.6 Å². The summed E-state index contributed by atoms with van der Waals surface area (Å²) >= 11 is 0. The second-order valence-corrected chi connectivity index (χ2v) is 7.06. The molecule has 0 aliphatic carbocycles. The highest BCUT2D eigenvalue weighted by atomic mass is 16.3. The Morgan fingerprint density at radius 2 is 1.83 bits per heavy atom. The first-order chi connectivity index (χ1) is 11.3. The van der Waals surface area contributed by atoms with Gasteiger partial charge in [-0.2, -0.15) is 5.10 Å². The van der Waals surface area contributed by atoms with Gasteiger partial charge in [0.2, 0.25) is 0 Å². The highest BCUT2D eigenvalue weighted by Crippen LogP contribution is 2.25. The van der Waals surface area contributed by atoms with Crippen LogP contribution in [0.15, 0.2) is 12.4 Å². The molecular weight excluding hydrogens is 300 g/mol. The van der Waals surface area contributed by atoms with E-state index < -0.39 is 0 Å². The molecule has 1 aromatic heterocycles. The Hall–Kier alpha value is -1.72. The molecule has 0 radical (unpaired) electrons. The second-order valence-electron chi connectivity index (χ2n) is 7.06. The zero-order valence-electron chi connectivity index (χ0n) is 15.7. The van der Waals surface area contributed by atoms with Gasteiger partial charge in [-0.05, 0) is 60.9 Å². The van der Waals surface area contributed by atoms with E-state index in [1.165, 1.54) is 16.7 Å². The molecular formula is C19H30N4O. The average Bonchev–Trinajstić information content (AvgIpc) is 2.91. The summed E-state index contributed by atoms with van der Waals surface area (Å²) in [5, 5.41) is 17.5. The van der Waals surface area contributed by atoms with E-state index in [4.69, 9.17) is 0 Å². The van der Waals surface area contributed by atoms with Crippen molar-refractivity contribution in [2.75, 3.05) is 0 Å². The molecule has 2 aromatic rings. The van der Waals surface area contributed by atoms with Gasteiger partial charge in [-0.15, -0.1) is 0 Å². The van der Waals surface area contributed by atoms with Crippen molar-refractivity contribution >= 4 is 0 Å². The summed E-state index contributed by atoms with van der Waals surface area (Å²) in [6.45, 7) is 11.6. The van der Waals surface area contributed by atoms with Crippen molar-refractivity contribution in [3.8, 4) is 0 Å². The van der Waals surface area contributed by atoms with Crippen LogP contribution < -0.4 is 5.32 Å². The molecule has 0 spiro atoms. The number of hydrogen-bond acceptors (Lipinski definition) is 4. The lowest BCUT2D eigenvalue weighted by molar-refractivity contribution is 0.280. The molecule has 2 rings (SSSR count). The molecule has 24 heavy (non-hydrogen) atoms. The zero-order chi connectivity index (χ0) is 17.9. The number of nitrogens with zero attached hydrogens (tertiary/aromatic N) is 3. The SMILES string of the molecule is Cc1cc(C)c(CN[C@@H](CC(C)C)c2ncnn2C)c(C)c1CO. The number of hydrogen-bond donors (Lipinski definition) is 2. The van der Waals surface area contributed by atoms with Gasteiger partial charge in [-0.3, -0.25) is 4.68 Å². The molecule has 0 aliphatic heterocycles. The number of nitrogens with one attached hydrogen (secondary N) is 1. The summed E-state index contributed by atoms with van der Waals surface area (Å²) in [5.74, 6) is 1.53. The van der Waals surface area contributed by atoms with Crippen molar-refractivity contribution in [1.82, 2.24) is 20.1 Å². The third kappa shape index (κ3) is 4.02. The van der Waals surface area contributed by atoms with Crippen LogP contribution in [0, 0.1) is 26.7 Å². The molecule has 1 aromatic carbocycles. The summed E-state index contributed by atoms with van der Waals surface area (Å²) in [5.41, 5.74) is 5.90. The molecule has 1 heterocycles. The fourth-order valence-corrected chi connectivity index (χ4v) is 3.39. The molecule has 0 saturated heterocycles. The topological polar surface area (TPSA) is 63.0 Å². The van der Waals surface area contributed by atoms with Gasteiger partial charge >= 0.3 is 0 Å². The Balaban J connectivity index is 2.25. The average molecular weight is 330 g/mol. The van der Waals surface area contributed by atoms with E-state index in [0.29, 0.717) is 5.92 Å². The third-order valence-electron chi connectivity index (χ3n) is 4.74. The Kier molecular flexibility index (Phi) is 6.13. The van der Waals surface area contributed by atoms with Gasteiger partial charge in [0.15, 0.2) is 0 Å². The minimum Gasteiger partial charge on any atom is -0.392 e. The van der Waals surface area contributed by atoms with Crippen molar-refractivity contribution < 1.29 is 5.11 Å². The first-order valence-corrected chi connectivity index (χ1v) is 8.61. The normalized spacial score (nSPS) is 12.8.